The van der Waals surface area contributed by atoms with Crippen LogP contribution in [0.5, 0.6) is 17.2 Å². The number of hydrazone groups is 1. The van der Waals surface area contributed by atoms with Crippen molar-refractivity contribution in [2.75, 3.05) is 0 Å². The minimum Gasteiger partial charge on any atom is -0.508 e. The van der Waals surface area contributed by atoms with Crippen LogP contribution < -0.4 is 10.2 Å². The molecule has 0 bridgehead atoms. The second kappa shape index (κ2) is 9.40. The number of imidazole rings is 1. The van der Waals surface area contributed by atoms with Crippen LogP contribution in [0.2, 0.25) is 5.02 Å². The van der Waals surface area contributed by atoms with E-state index in [1.165, 1.54) is 24.4 Å². The second-order valence-electron chi connectivity index (χ2n) is 6.88. The first-order valence-corrected chi connectivity index (χ1v) is 10.0. The van der Waals surface area contributed by atoms with E-state index in [0.717, 1.165) is 11.0 Å². The summed E-state index contributed by atoms with van der Waals surface area (Å²) in [6.07, 6.45) is 1.29. The van der Waals surface area contributed by atoms with E-state index in [1.807, 2.05) is 24.3 Å². The third kappa shape index (κ3) is 4.98. The van der Waals surface area contributed by atoms with E-state index >= 15 is 0 Å². The van der Waals surface area contributed by atoms with Crippen molar-refractivity contribution < 1.29 is 19.7 Å². The van der Waals surface area contributed by atoms with Crippen molar-refractivity contribution in [3.63, 3.8) is 0 Å². The summed E-state index contributed by atoms with van der Waals surface area (Å²) in [5, 5.41) is 23.6. The molecule has 0 fully saturated rings. The monoisotopic (exact) mass is 450 g/mol. The summed E-state index contributed by atoms with van der Waals surface area (Å²) < 4.78 is 7.57. The number of aromatic hydroxyl groups is 2. The van der Waals surface area contributed by atoms with Crippen LogP contribution in [0.15, 0.2) is 71.8 Å². The smallest absolute Gasteiger partial charge is 0.260 e. The van der Waals surface area contributed by atoms with Gasteiger partial charge in [0.2, 0.25) is 0 Å². The first kappa shape index (κ1) is 21.2. The number of halogens is 1. The molecule has 0 radical (unpaired) electrons. The van der Waals surface area contributed by atoms with Gasteiger partial charge in [0.1, 0.15) is 36.2 Å². The van der Waals surface area contributed by atoms with Crippen molar-refractivity contribution >= 4 is 34.8 Å². The Kier molecular flexibility index (Phi) is 6.23. The Morgan fingerprint density at radius 1 is 1.12 bits per heavy atom. The van der Waals surface area contributed by atoms with Crippen LogP contribution in [0.3, 0.4) is 0 Å². The lowest BCUT2D eigenvalue weighted by Crippen LogP contribution is -2.24. The van der Waals surface area contributed by atoms with Crippen molar-refractivity contribution in [3.05, 3.63) is 83.1 Å². The molecular weight excluding hydrogens is 432 g/mol. The van der Waals surface area contributed by atoms with Crippen LogP contribution in [0, 0.1) is 0 Å². The van der Waals surface area contributed by atoms with Gasteiger partial charge >= 0.3 is 0 Å². The van der Waals surface area contributed by atoms with Crippen LogP contribution in [0.4, 0.5) is 0 Å². The normalized spacial score (nSPS) is 11.2. The van der Waals surface area contributed by atoms with Gasteiger partial charge in [-0.3, -0.25) is 4.79 Å². The van der Waals surface area contributed by atoms with Gasteiger partial charge in [-0.05, 0) is 48.5 Å². The van der Waals surface area contributed by atoms with E-state index in [0.29, 0.717) is 22.2 Å². The Balaban J connectivity index is 1.48. The molecule has 3 aromatic carbocycles. The van der Waals surface area contributed by atoms with E-state index in [-0.39, 0.29) is 30.6 Å². The van der Waals surface area contributed by atoms with Gasteiger partial charge in [-0.15, -0.1) is 0 Å². The Hall–Kier alpha value is -4.04. The van der Waals surface area contributed by atoms with Crippen molar-refractivity contribution in [1.82, 2.24) is 15.0 Å². The lowest BCUT2D eigenvalue weighted by atomic mass is 10.2. The summed E-state index contributed by atoms with van der Waals surface area (Å²) in [5.74, 6) is 0.622. The number of amides is 1. The predicted octanol–water partition coefficient (Wildman–Crippen LogP) is 3.83. The zero-order chi connectivity index (χ0) is 22.5. The number of benzene rings is 3. The molecular formula is C23H19ClN4O4. The Labute approximate surface area is 188 Å². The van der Waals surface area contributed by atoms with Gasteiger partial charge in [0.05, 0.1) is 17.2 Å². The molecule has 0 aliphatic heterocycles. The maximum absolute atomic E-state index is 12.5. The van der Waals surface area contributed by atoms with Gasteiger partial charge in [-0.25, -0.2) is 10.4 Å². The summed E-state index contributed by atoms with van der Waals surface area (Å²) >= 11 is 5.91. The van der Waals surface area contributed by atoms with E-state index < -0.39 is 0 Å². The number of carbonyl (C=O) groups excluding carboxylic acids is 1. The molecule has 3 N–H and O–H groups in total. The molecule has 1 aromatic heterocycles. The lowest BCUT2D eigenvalue weighted by molar-refractivity contribution is -0.121. The number of phenolic OH excluding ortho intramolecular Hbond substituents is 2. The van der Waals surface area contributed by atoms with E-state index in [2.05, 4.69) is 15.5 Å². The topological polar surface area (TPSA) is 109 Å². The zero-order valence-electron chi connectivity index (χ0n) is 16.8. The highest BCUT2D eigenvalue weighted by atomic mass is 35.5. The minimum absolute atomic E-state index is 0.0290. The number of carbonyl (C=O) groups is 1. The fraction of sp³-hybridized carbons (Fsp3) is 0.0870. The first-order chi connectivity index (χ1) is 15.5. The van der Waals surface area contributed by atoms with Crippen LogP contribution in [0.1, 0.15) is 11.4 Å². The third-order valence-electron chi connectivity index (χ3n) is 4.62. The number of hydrogen-bond acceptors (Lipinski definition) is 6. The molecule has 4 rings (SSSR count). The SMILES string of the molecule is O=C(Cn1c(COc2ccc(Cl)cc2)nc2ccccc21)NN=Cc1ccc(O)cc1O. The van der Waals surface area contributed by atoms with Crippen molar-refractivity contribution in [2.45, 2.75) is 13.2 Å². The number of nitrogens with zero attached hydrogens (tertiary/aromatic N) is 3. The van der Waals surface area contributed by atoms with Crippen LogP contribution in [0.25, 0.3) is 11.0 Å². The van der Waals surface area contributed by atoms with Crippen LogP contribution in [-0.4, -0.2) is 31.9 Å². The molecule has 4 aromatic rings. The number of hydrogen-bond donors (Lipinski definition) is 3. The van der Waals surface area contributed by atoms with Crippen molar-refractivity contribution in [3.8, 4) is 17.2 Å². The Morgan fingerprint density at radius 2 is 1.91 bits per heavy atom. The average Bonchev–Trinajstić information content (AvgIpc) is 3.12. The maximum atomic E-state index is 12.5. The summed E-state index contributed by atoms with van der Waals surface area (Å²) in [7, 11) is 0. The van der Waals surface area contributed by atoms with Gasteiger partial charge in [-0.1, -0.05) is 23.7 Å². The number of rotatable bonds is 7. The predicted molar refractivity (Wildman–Crippen MR) is 121 cm³/mol. The highest BCUT2D eigenvalue weighted by Gasteiger charge is 2.14. The molecule has 0 saturated heterocycles. The third-order valence-corrected chi connectivity index (χ3v) is 4.88. The zero-order valence-corrected chi connectivity index (χ0v) is 17.5. The maximum Gasteiger partial charge on any atom is 0.260 e. The van der Waals surface area contributed by atoms with Gasteiger partial charge in [0.15, 0.2) is 0 Å². The molecule has 1 heterocycles. The van der Waals surface area contributed by atoms with Gasteiger partial charge < -0.3 is 19.5 Å². The Bertz CT molecular complexity index is 1290. The average molecular weight is 451 g/mol. The molecule has 0 spiro atoms. The number of phenols is 2. The number of aromatic nitrogens is 2. The molecule has 9 heteroatoms. The van der Waals surface area contributed by atoms with E-state index in [1.54, 1.807) is 28.8 Å². The fourth-order valence-electron chi connectivity index (χ4n) is 3.08. The van der Waals surface area contributed by atoms with Gasteiger partial charge in [0, 0.05) is 16.7 Å². The van der Waals surface area contributed by atoms with Gasteiger partial charge in [-0.2, -0.15) is 5.10 Å². The second-order valence-corrected chi connectivity index (χ2v) is 7.32. The number of nitrogens with one attached hydrogen (secondary N) is 1. The molecule has 0 aliphatic rings. The quantitative estimate of drug-likeness (QED) is 0.293. The van der Waals surface area contributed by atoms with E-state index in [9.17, 15) is 15.0 Å². The van der Waals surface area contributed by atoms with Crippen LogP contribution >= 0.6 is 11.6 Å². The summed E-state index contributed by atoms with van der Waals surface area (Å²) in [4.78, 5) is 17.1. The van der Waals surface area contributed by atoms with Crippen LogP contribution in [-0.2, 0) is 17.9 Å². The van der Waals surface area contributed by atoms with E-state index in [4.69, 9.17) is 16.3 Å². The largest absolute Gasteiger partial charge is 0.508 e. The highest BCUT2D eigenvalue weighted by Crippen LogP contribution is 2.21. The summed E-state index contributed by atoms with van der Waals surface area (Å²) in [6.45, 7) is 0.132. The number of fused-ring (bicyclic) bond motifs is 1. The molecule has 1 amide bonds. The Morgan fingerprint density at radius 3 is 2.69 bits per heavy atom. The fourth-order valence-corrected chi connectivity index (χ4v) is 3.21. The highest BCUT2D eigenvalue weighted by molar-refractivity contribution is 6.30. The number of para-hydroxylation sites is 2. The molecule has 0 aliphatic carbocycles. The van der Waals surface area contributed by atoms with Crippen molar-refractivity contribution in [2.24, 2.45) is 5.10 Å². The summed E-state index contributed by atoms with van der Waals surface area (Å²) in [6, 6.07) is 18.5. The van der Waals surface area contributed by atoms with Crippen molar-refractivity contribution in [1.29, 1.82) is 0 Å². The molecule has 32 heavy (non-hydrogen) atoms. The van der Waals surface area contributed by atoms with Gasteiger partial charge in [0.25, 0.3) is 5.91 Å². The molecule has 0 saturated carbocycles. The minimum atomic E-state index is -0.379. The number of ether oxygens (including phenoxy) is 1. The summed E-state index contributed by atoms with van der Waals surface area (Å²) in [5.41, 5.74) is 4.32. The lowest BCUT2D eigenvalue weighted by Gasteiger charge is -2.10. The molecule has 8 nitrogen and oxygen atoms in total. The standard InChI is InChI=1S/C23H19ClN4O4/c24-16-6-9-18(10-7-16)32-14-22-26-19-3-1-2-4-20(19)28(22)13-23(31)27-25-12-15-5-8-17(29)11-21(15)30/h1-12,29-30H,13-14H2,(H,27,31). The first-order valence-electron chi connectivity index (χ1n) is 9.66. The molecule has 0 unspecified atom stereocenters. The molecule has 0 atom stereocenters. The molecule has 162 valence electrons.